The third kappa shape index (κ3) is 4.04. The zero-order valence-electron chi connectivity index (χ0n) is 15.0. The Morgan fingerprint density at radius 2 is 1.89 bits per heavy atom. The summed E-state index contributed by atoms with van der Waals surface area (Å²) in [6, 6.07) is 1.31. The standard InChI is InChI=1S/C17H19F3N4O3S/c1-23-10-12(9-22-23)17(25)21-8-11-4-6-24(7-5-11)28(26,27)14-3-2-13(18)15(19)16(14)20/h2-3,9-11H,4-8H2,1H3,(H,21,25). The van der Waals surface area contributed by atoms with E-state index >= 15 is 0 Å². The van der Waals surface area contributed by atoms with Crippen molar-refractivity contribution < 1.29 is 26.4 Å². The lowest BCUT2D eigenvalue weighted by Gasteiger charge is -2.31. The van der Waals surface area contributed by atoms with E-state index in [1.165, 1.54) is 10.9 Å². The van der Waals surface area contributed by atoms with Gasteiger partial charge in [-0.25, -0.2) is 21.6 Å². The first-order valence-electron chi connectivity index (χ1n) is 8.60. The Morgan fingerprint density at radius 3 is 2.50 bits per heavy atom. The van der Waals surface area contributed by atoms with Gasteiger partial charge in [-0.2, -0.15) is 9.40 Å². The number of nitrogens with zero attached hydrogens (tertiary/aromatic N) is 3. The minimum Gasteiger partial charge on any atom is -0.352 e. The molecule has 28 heavy (non-hydrogen) atoms. The highest BCUT2D eigenvalue weighted by Crippen LogP contribution is 2.27. The molecule has 1 fully saturated rings. The Balaban J connectivity index is 1.59. The summed E-state index contributed by atoms with van der Waals surface area (Å²) in [6.45, 7) is 0.545. The molecule has 0 radical (unpaired) electrons. The van der Waals surface area contributed by atoms with Crippen LogP contribution in [0.2, 0.25) is 0 Å². The van der Waals surface area contributed by atoms with Crippen molar-refractivity contribution in [2.75, 3.05) is 19.6 Å². The number of halogens is 3. The molecule has 2 heterocycles. The Kier molecular flexibility index (Phi) is 5.75. The zero-order chi connectivity index (χ0) is 20.5. The summed E-state index contributed by atoms with van der Waals surface area (Å²) in [5.41, 5.74) is 0.427. The number of aromatic nitrogens is 2. The fourth-order valence-electron chi connectivity index (χ4n) is 3.08. The van der Waals surface area contributed by atoms with Crippen molar-refractivity contribution in [2.45, 2.75) is 17.7 Å². The Labute approximate surface area is 160 Å². The predicted molar refractivity (Wildman–Crippen MR) is 93.3 cm³/mol. The summed E-state index contributed by atoms with van der Waals surface area (Å²) in [4.78, 5) is 11.1. The number of carbonyl (C=O) groups excluding carboxylic acids is 1. The van der Waals surface area contributed by atoms with Crippen molar-refractivity contribution in [3.63, 3.8) is 0 Å². The number of carbonyl (C=O) groups is 1. The molecule has 0 spiro atoms. The van der Waals surface area contributed by atoms with Crippen LogP contribution in [0, 0.1) is 23.4 Å². The molecule has 0 bridgehead atoms. The topological polar surface area (TPSA) is 84.3 Å². The summed E-state index contributed by atoms with van der Waals surface area (Å²) >= 11 is 0. The SMILES string of the molecule is Cn1cc(C(=O)NCC2CCN(S(=O)(=O)c3ccc(F)c(F)c3F)CC2)cn1. The van der Waals surface area contributed by atoms with Gasteiger partial charge in [0.15, 0.2) is 17.5 Å². The van der Waals surface area contributed by atoms with E-state index in [0.717, 1.165) is 10.4 Å². The Morgan fingerprint density at radius 1 is 1.21 bits per heavy atom. The molecule has 11 heteroatoms. The molecular weight excluding hydrogens is 397 g/mol. The van der Waals surface area contributed by atoms with Gasteiger partial charge in [-0.15, -0.1) is 0 Å². The molecule has 3 rings (SSSR count). The highest BCUT2D eigenvalue weighted by Gasteiger charge is 2.33. The molecule has 1 aliphatic heterocycles. The molecule has 1 aliphatic rings. The molecule has 152 valence electrons. The molecule has 1 amide bonds. The van der Waals surface area contributed by atoms with Gasteiger partial charge in [-0.3, -0.25) is 9.48 Å². The minimum atomic E-state index is -4.27. The predicted octanol–water partition coefficient (Wildman–Crippen LogP) is 1.67. The molecule has 0 saturated carbocycles. The smallest absolute Gasteiger partial charge is 0.254 e. The average molecular weight is 416 g/mol. The maximum atomic E-state index is 13.9. The largest absolute Gasteiger partial charge is 0.352 e. The first kappa shape index (κ1) is 20.3. The van der Waals surface area contributed by atoms with Crippen molar-refractivity contribution >= 4 is 15.9 Å². The normalized spacial score (nSPS) is 16.3. The monoisotopic (exact) mass is 416 g/mol. The van der Waals surface area contributed by atoms with E-state index in [1.807, 2.05) is 0 Å². The molecule has 7 nitrogen and oxygen atoms in total. The van der Waals surface area contributed by atoms with Gasteiger partial charge in [0.1, 0.15) is 4.90 Å². The molecule has 0 atom stereocenters. The second kappa shape index (κ2) is 7.92. The van der Waals surface area contributed by atoms with Gasteiger partial charge in [-0.05, 0) is 30.9 Å². The molecule has 1 saturated heterocycles. The lowest BCUT2D eigenvalue weighted by atomic mass is 9.98. The number of nitrogens with one attached hydrogen (secondary N) is 1. The van der Waals surface area contributed by atoms with Gasteiger partial charge in [0, 0.05) is 32.9 Å². The number of aryl methyl sites for hydroxylation is 1. The number of rotatable bonds is 5. The first-order valence-corrected chi connectivity index (χ1v) is 10.0. The highest BCUT2D eigenvalue weighted by molar-refractivity contribution is 7.89. The summed E-state index contributed by atoms with van der Waals surface area (Å²) in [5.74, 6) is -5.20. The van der Waals surface area contributed by atoms with Crippen molar-refractivity contribution in [1.29, 1.82) is 0 Å². The lowest BCUT2D eigenvalue weighted by molar-refractivity contribution is 0.0941. The number of piperidine rings is 1. The van der Waals surface area contributed by atoms with E-state index in [4.69, 9.17) is 0 Å². The molecule has 1 aromatic carbocycles. The summed E-state index contributed by atoms with van der Waals surface area (Å²) in [6.07, 6.45) is 3.91. The Bertz CT molecular complexity index is 986. The van der Waals surface area contributed by atoms with E-state index < -0.39 is 32.4 Å². The molecular formula is C17H19F3N4O3S. The number of hydrogen-bond acceptors (Lipinski definition) is 4. The van der Waals surface area contributed by atoms with E-state index in [0.29, 0.717) is 31.0 Å². The van der Waals surface area contributed by atoms with Gasteiger partial charge >= 0.3 is 0 Å². The van der Waals surface area contributed by atoms with E-state index in [-0.39, 0.29) is 24.9 Å². The van der Waals surface area contributed by atoms with E-state index in [9.17, 15) is 26.4 Å². The van der Waals surface area contributed by atoms with Crippen molar-refractivity contribution in [3.05, 3.63) is 47.5 Å². The molecule has 1 aromatic heterocycles. The molecule has 1 N–H and O–H groups in total. The van der Waals surface area contributed by atoms with E-state index in [1.54, 1.807) is 13.2 Å². The fourth-order valence-corrected chi connectivity index (χ4v) is 4.60. The van der Waals surface area contributed by atoms with Crippen molar-refractivity contribution in [2.24, 2.45) is 13.0 Å². The zero-order valence-corrected chi connectivity index (χ0v) is 15.8. The molecule has 0 unspecified atom stereocenters. The number of benzene rings is 1. The summed E-state index contributed by atoms with van der Waals surface area (Å²) in [5, 5.41) is 6.70. The van der Waals surface area contributed by atoms with Gasteiger partial charge in [0.2, 0.25) is 10.0 Å². The van der Waals surface area contributed by atoms with E-state index in [2.05, 4.69) is 10.4 Å². The summed E-state index contributed by atoms with van der Waals surface area (Å²) < 4.78 is 68.0. The second-order valence-corrected chi connectivity index (χ2v) is 8.54. The Hall–Kier alpha value is -2.40. The summed E-state index contributed by atoms with van der Waals surface area (Å²) in [7, 11) is -2.58. The van der Waals surface area contributed by atoms with Crippen LogP contribution in [0.3, 0.4) is 0 Å². The second-order valence-electron chi connectivity index (χ2n) is 6.63. The van der Waals surface area contributed by atoms with Gasteiger partial charge in [0.25, 0.3) is 5.91 Å². The average Bonchev–Trinajstić information content (AvgIpc) is 3.11. The molecule has 0 aliphatic carbocycles. The number of sulfonamides is 1. The van der Waals surface area contributed by atoms with Gasteiger partial charge in [0.05, 0.1) is 11.8 Å². The maximum absolute atomic E-state index is 13.9. The van der Waals surface area contributed by atoms with Crippen LogP contribution in [0.1, 0.15) is 23.2 Å². The lowest BCUT2D eigenvalue weighted by Crippen LogP contribution is -2.41. The third-order valence-electron chi connectivity index (χ3n) is 4.71. The van der Waals surface area contributed by atoms with Crippen LogP contribution in [-0.4, -0.2) is 48.0 Å². The molecule has 2 aromatic rings. The maximum Gasteiger partial charge on any atom is 0.254 e. The highest BCUT2D eigenvalue weighted by atomic mass is 32.2. The van der Waals surface area contributed by atoms with Crippen LogP contribution in [0.15, 0.2) is 29.4 Å². The van der Waals surface area contributed by atoms with Crippen LogP contribution >= 0.6 is 0 Å². The number of hydrogen-bond donors (Lipinski definition) is 1. The minimum absolute atomic E-state index is 0.0434. The van der Waals surface area contributed by atoms with Gasteiger partial charge in [-0.1, -0.05) is 0 Å². The number of amides is 1. The van der Waals surface area contributed by atoms with Crippen LogP contribution in [-0.2, 0) is 17.1 Å². The van der Waals surface area contributed by atoms with Crippen LogP contribution < -0.4 is 5.32 Å². The first-order chi connectivity index (χ1) is 13.2. The van der Waals surface area contributed by atoms with Crippen LogP contribution in [0.25, 0.3) is 0 Å². The quantitative estimate of drug-likeness (QED) is 0.752. The third-order valence-corrected chi connectivity index (χ3v) is 6.63. The van der Waals surface area contributed by atoms with Crippen LogP contribution in [0.5, 0.6) is 0 Å². The fraction of sp³-hybridized carbons (Fsp3) is 0.412. The van der Waals surface area contributed by atoms with Gasteiger partial charge < -0.3 is 5.32 Å². The van der Waals surface area contributed by atoms with Crippen LogP contribution in [0.4, 0.5) is 13.2 Å². The van der Waals surface area contributed by atoms with Crippen molar-refractivity contribution in [3.8, 4) is 0 Å². The van der Waals surface area contributed by atoms with Crippen molar-refractivity contribution in [1.82, 2.24) is 19.4 Å².